The van der Waals surface area contributed by atoms with Crippen molar-refractivity contribution in [2.75, 3.05) is 13.1 Å². The number of carbonyl (C=O) groups excluding carboxylic acids is 1. The van der Waals surface area contributed by atoms with Gasteiger partial charge in [0.05, 0.1) is 4.90 Å². The number of hydrogen-bond acceptors (Lipinski definition) is 3. The maximum absolute atomic E-state index is 13.2. The summed E-state index contributed by atoms with van der Waals surface area (Å²) in [6.07, 6.45) is 4.16. The number of halogens is 1. The summed E-state index contributed by atoms with van der Waals surface area (Å²) < 4.78 is 40.5. The fourth-order valence-electron chi connectivity index (χ4n) is 3.69. The van der Waals surface area contributed by atoms with Crippen LogP contribution in [0.25, 0.3) is 0 Å². The molecule has 1 fully saturated rings. The Balaban J connectivity index is 1.55. The van der Waals surface area contributed by atoms with Gasteiger partial charge < -0.3 is 5.32 Å². The van der Waals surface area contributed by atoms with Crippen LogP contribution in [0.4, 0.5) is 4.39 Å². The lowest BCUT2D eigenvalue weighted by Gasteiger charge is -2.34. The van der Waals surface area contributed by atoms with E-state index in [-0.39, 0.29) is 23.3 Å². The van der Waals surface area contributed by atoms with Crippen LogP contribution in [0.1, 0.15) is 37.7 Å². The lowest BCUT2D eigenvalue weighted by molar-refractivity contribution is -0.122. The third kappa shape index (κ3) is 5.87. The normalized spacial score (nSPS) is 17.8. The van der Waals surface area contributed by atoms with Crippen molar-refractivity contribution in [2.24, 2.45) is 0 Å². The minimum atomic E-state index is -3.75. The highest BCUT2D eigenvalue weighted by molar-refractivity contribution is 7.89. The summed E-state index contributed by atoms with van der Waals surface area (Å²) in [5, 5.41) is 2.91. The highest BCUT2D eigenvalue weighted by atomic mass is 32.2. The van der Waals surface area contributed by atoms with E-state index < -0.39 is 15.8 Å². The zero-order chi connectivity index (χ0) is 20.7. The molecule has 0 aromatic heterocycles. The minimum absolute atomic E-state index is 0.0640. The molecule has 1 heterocycles. The van der Waals surface area contributed by atoms with Crippen LogP contribution in [-0.2, 0) is 21.2 Å². The van der Waals surface area contributed by atoms with Crippen LogP contribution in [-0.4, -0.2) is 37.8 Å². The van der Waals surface area contributed by atoms with Gasteiger partial charge in [0.25, 0.3) is 0 Å². The van der Waals surface area contributed by atoms with Gasteiger partial charge in [-0.15, -0.1) is 0 Å². The number of aryl methyl sites for hydroxylation is 1. The first-order chi connectivity index (χ1) is 14.0. The molecule has 1 aliphatic rings. The number of benzene rings is 2. The predicted octanol–water partition coefficient (Wildman–Crippen LogP) is 3.51. The largest absolute Gasteiger partial charge is 0.356 e. The summed E-state index contributed by atoms with van der Waals surface area (Å²) in [6.45, 7) is 0.941. The van der Waals surface area contributed by atoms with Crippen molar-refractivity contribution in [3.63, 3.8) is 0 Å². The molecule has 29 heavy (non-hydrogen) atoms. The Morgan fingerprint density at radius 3 is 2.52 bits per heavy atom. The highest BCUT2D eigenvalue weighted by Gasteiger charge is 2.34. The second-order valence-corrected chi connectivity index (χ2v) is 9.25. The summed E-state index contributed by atoms with van der Waals surface area (Å²) in [6, 6.07) is 14.6. The second kappa shape index (κ2) is 9.98. The minimum Gasteiger partial charge on any atom is -0.356 e. The fraction of sp³-hybridized carbons (Fsp3) is 0.409. The Morgan fingerprint density at radius 1 is 1.07 bits per heavy atom. The van der Waals surface area contributed by atoms with Gasteiger partial charge in [0.15, 0.2) is 0 Å². The first-order valence-corrected chi connectivity index (χ1v) is 11.5. The second-order valence-electron chi connectivity index (χ2n) is 7.36. The Hall–Kier alpha value is -2.25. The van der Waals surface area contributed by atoms with Gasteiger partial charge in [0.1, 0.15) is 5.82 Å². The van der Waals surface area contributed by atoms with Gasteiger partial charge in [-0.2, -0.15) is 4.31 Å². The summed E-state index contributed by atoms with van der Waals surface area (Å²) in [5.41, 5.74) is 1.23. The molecule has 0 radical (unpaired) electrons. The topological polar surface area (TPSA) is 66.5 Å². The van der Waals surface area contributed by atoms with E-state index in [0.717, 1.165) is 37.8 Å². The van der Waals surface area contributed by atoms with Gasteiger partial charge in [-0.3, -0.25) is 4.79 Å². The Labute approximate surface area is 172 Å². The zero-order valence-electron chi connectivity index (χ0n) is 16.4. The maximum Gasteiger partial charge on any atom is 0.243 e. The molecule has 0 bridgehead atoms. The average molecular weight is 419 g/mol. The van der Waals surface area contributed by atoms with Crippen molar-refractivity contribution in [3.05, 3.63) is 66.0 Å². The number of rotatable bonds is 8. The van der Waals surface area contributed by atoms with E-state index >= 15 is 0 Å². The lowest BCUT2D eigenvalue weighted by atomic mass is 10.0. The number of amides is 1. The number of carbonyl (C=O) groups is 1. The molecule has 1 aliphatic heterocycles. The zero-order valence-corrected chi connectivity index (χ0v) is 17.2. The molecule has 156 valence electrons. The lowest BCUT2D eigenvalue weighted by Crippen LogP contribution is -2.46. The molecule has 1 N–H and O–H groups in total. The summed E-state index contributed by atoms with van der Waals surface area (Å²) >= 11 is 0. The predicted molar refractivity (Wildman–Crippen MR) is 110 cm³/mol. The van der Waals surface area contributed by atoms with E-state index in [1.54, 1.807) is 0 Å². The number of sulfonamides is 1. The Morgan fingerprint density at radius 2 is 1.79 bits per heavy atom. The maximum atomic E-state index is 13.2. The van der Waals surface area contributed by atoms with Crippen molar-refractivity contribution < 1.29 is 17.6 Å². The quantitative estimate of drug-likeness (QED) is 0.667. The van der Waals surface area contributed by atoms with Crippen molar-refractivity contribution in [2.45, 2.75) is 49.5 Å². The van der Waals surface area contributed by atoms with Crippen LogP contribution in [0.5, 0.6) is 0 Å². The van der Waals surface area contributed by atoms with Crippen LogP contribution in [0, 0.1) is 5.82 Å². The fourth-order valence-corrected chi connectivity index (χ4v) is 5.38. The molecule has 2 aromatic carbocycles. The first kappa shape index (κ1) is 21.5. The smallest absolute Gasteiger partial charge is 0.243 e. The summed E-state index contributed by atoms with van der Waals surface area (Å²) in [7, 11) is -3.75. The number of nitrogens with one attached hydrogen (secondary N) is 1. The molecule has 0 saturated carbocycles. The van der Waals surface area contributed by atoms with E-state index in [2.05, 4.69) is 17.4 Å². The van der Waals surface area contributed by atoms with E-state index in [9.17, 15) is 17.6 Å². The van der Waals surface area contributed by atoms with Crippen LogP contribution in [0.15, 0.2) is 59.5 Å². The van der Waals surface area contributed by atoms with E-state index in [1.807, 2.05) is 18.2 Å². The molecular formula is C22H27FN2O3S. The van der Waals surface area contributed by atoms with Crippen LogP contribution in [0.3, 0.4) is 0 Å². The van der Waals surface area contributed by atoms with Crippen molar-refractivity contribution in [3.8, 4) is 0 Å². The van der Waals surface area contributed by atoms with Gasteiger partial charge in [-0.25, -0.2) is 12.8 Å². The first-order valence-electron chi connectivity index (χ1n) is 10.0. The molecule has 0 aliphatic carbocycles. The van der Waals surface area contributed by atoms with Gasteiger partial charge in [-0.05, 0) is 55.5 Å². The standard InChI is InChI=1S/C22H27FN2O3S/c23-19-11-13-21(14-12-19)29(27,28)25-16-5-4-10-20(25)17-22(26)24-15-6-9-18-7-2-1-3-8-18/h1-3,7-8,11-14,20H,4-6,9-10,15-17H2,(H,24,26)/t20-/m0/s1. The molecule has 3 rings (SSSR count). The molecule has 1 amide bonds. The molecule has 7 heteroatoms. The monoisotopic (exact) mass is 418 g/mol. The van der Waals surface area contributed by atoms with Crippen molar-refractivity contribution in [1.29, 1.82) is 0 Å². The molecule has 5 nitrogen and oxygen atoms in total. The van der Waals surface area contributed by atoms with Crippen LogP contribution >= 0.6 is 0 Å². The van der Waals surface area contributed by atoms with Crippen molar-refractivity contribution in [1.82, 2.24) is 9.62 Å². The summed E-state index contributed by atoms with van der Waals surface area (Å²) in [4.78, 5) is 12.5. The van der Waals surface area contributed by atoms with Gasteiger partial charge in [0, 0.05) is 25.6 Å². The van der Waals surface area contributed by atoms with Crippen LogP contribution < -0.4 is 5.32 Å². The Bertz CT molecular complexity index is 901. The van der Waals surface area contributed by atoms with Crippen molar-refractivity contribution >= 4 is 15.9 Å². The molecule has 0 spiro atoms. The van der Waals surface area contributed by atoms with E-state index in [0.29, 0.717) is 19.5 Å². The molecule has 0 unspecified atom stereocenters. The highest BCUT2D eigenvalue weighted by Crippen LogP contribution is 2.27. The van der Waals surface area contributed by atoms with Gasteiger partial charge in [-0.1, -0.05) is 36.8 Å². The van der Waals surface area contributed by atoms with E-state index in [1.165, 1.54) is 22.0 Å². The average Bonchev–Trinajstić information content (AvgIpc) is 2.73. The Kier molecular flexibility index (Phi) is 7.39. The third-order valence-electron chi connectivity index (χ3n) is 5.22. The van der Waals surface area contributed by atoms with Crippen LogP contribution in [0.2, 0.25) is 0 Å². The molecular weight excluding hydrogens is 391 g/mol. The molecule has 1 atom stereocenters. The third-order valence-corrected chi connectivity index (χ3v) is 7.19. The number of hydrogen-bond donors (Lipinski definition) is 1. The SMILES string of the molecule is O=C(C[C@@H]1CCCCN1S(=O)(=O)c1ccc(F)cc1)NCCCc1ccccc1. The van der Waals surface area contributed by atoms with E-state index in [4.69, 9.17) is 0 Å². The van der Waals surface area contributed by atoms with Gasteiger partial charge >= 0.3 is 0 Å². The number of piperidine rings is 1. The van der Waals surface area contributed by atoms with Gasteiger partial charge in [0.2, 0.25) is 15.9 Å². The molecule has 1 saturated heterocycles. The summed E-state index contributed by atoms with van der Waals surface area (Å²) in [5.74, 6) is -0.613. The molecule has 2 aromatic rings. The number of nitrogens with zero attached hydrogens (tertiary/aromatic N) is 1.